The van der Waals surface area contributed by atoms with E-state index in [1.165, 1.54) is 48.5 Å². The van der Waals surface area contributed by atoms with E-state index < -0.39 is 42.1 Å². The maximum Gasteiger partial charge on any atom is 0.349 e. The number of carbonyl (C=O) groups excluding carboxylic acids is 2. The molecule has 192 valence electrons. The Bertz CT molecular complexity index is 980. The molecule has 0 aromatic heterocycles. The van der Waals surface area contributed by atoms with Crippen LogP contribution < -0.4 is 5.32 Å². The SMILES string of the molecule is CC1CCC(C(=O)O)CN1.O=C(O[C@@H](C(=O)O)[C@@H](OC(=O)c1ccccc1)C(=O)O)c1ccccc1. The van der Waals surface area contributed by atoms with Crippen LogP contribution >= 0.6 is 0 Å². The first-order valence-electron chi connectivity index (χ1n) is 11.0. The lowest BCUT2D eigenvalue weighted by Crippen LogP contribution is -2.45. The molecule has 2 unspecified atom stereocenters. The first-order valence-corrected chi connectivity index (χ1v) is 11.0. The van der Waals surface area contributed by atoms with Gasteiger partial charge in [-0.1, -0.05) is 36.4 Å². The van der Waals surface area contributed by atoms with Gasteiger partial charge in [0.05, 0.1) is 17.0 Å². The zero-order chi connectivity index (χ0) is 26.7. The maximum absolute atomic E-state index is 12.0. The van der Waals surface area contributed by atoms with E-state index in [2.05, 4.69) is 12.2 Å². The number of hydrogen-bond donors (Lipinski definition) is 4. The van der Waals surface area contributed by atoms with Crippen molar-refractivity contribution < 1.29 is 48.8 Å². The smallest absolute Gasteiger partial charge is 0.349 e. The summed E-state index contributed by atoms with van der Waals surface area (Å²) in [6.07, 6.45) is -2.62. The van der Waals surface area contributed by atoms with Gasteiger partial charge in [0.25, 0.3) is 0 Å². The molecule has 0 bridgehead atoms. The fourth-order valence-electron chi connectivity index (χ4n) is 3.21. The maximum atomic E-state index is 12.0. The number of benzene rings is 2. The Morgan fingerprint density at radius 3 is 1.47 bits per heavy atom. The van der Waals surface area contributed by atoms with Gasteiger partial charge in [0, 0.05) is 12.6 Å². The highest BCUT2D eigenvalue weighted by Crippen LogP contribution is 2.14. The molecule has 1 aliphatic rings. The van der Waals surface area contributed by atoms with Gasteiger partial charge < -0.3 is 30.1 Å². The van der Waals surface area contributed by atoms with Crippen LogP contribution in [0.15, 0.2) is 60.7 Å². The summed E-state index contributed by atoms with van der Waals surface area (Å²) in [6, 6.07) is 15.3. The van der Waals surface area contributed by atoms with E-state index in [9.17, 15) is 34.2 Å². The second kappa shape index (κ2) is 13.6. The molecule has 11 heteroatoms. The summed E-state index contributed by atoms with van der Waals surface area (Å²) in [5, 5.41) is 30.2. The monoisotopic (exact) mass is 501 g/mol. The summed E-state index contributed by atoms with van der Waals surface area (Å²) in [7, 11) is 0. The number of carbonyl (C=O) groups is 5. The number of hydrogen-bond acceptors (Lipinski definition) is 8. The van der Waals surface area contributed by atoms with E-state index >= 15 is 0 Å². The highest BCUT2D eigenvalue weighted by molar-refractivity contribution is 5.95. The zero-order valence-electron chi connectivity index (χ0n) is 19.4. The third-order valence-corrected chi connectivity index (χ3v) is 5.26. The number of piperidine rings is 1. The third-order valence-electron chi connectivity index (χ3n) is 5.26. The van der Waals surface area contributed by atoms with E-state index in [0.717, 1.165) is 12.8 Å². The van der Waals surface area contributed by atoms with Crippen molar-refractivity contribution in [2.45, 2.75) is 38.0 Å². The van der Waals surface area contributed by atoms with Gasteiger partial charge in [-0.3, -0.25) is 4.79 Å². The van der Waals surface area contributed by atoms with Gasteiger partial charge in [-0.25, -0.2) is 19.2 Å². The summed E-state index contributed by atoms with van der Waals surface area (Å²) >= 11 is 0. The van der Waals surface area contributed by atoms with E-state index in [1.54, 1.807) is 12.1 Å². The lowest BCUT2D eigenvalue weighted by Gasteiger charge is -2.24. The van der Waals surface area contributed by atoms with Gasteiger partial charge in [0.1, 0.15) is 0 Å². The van der Waals surface area contributed by atoms with Crippen LogP contribution in [0.1, 0.15) is 40.5 Å². The molecule has 1 fully saturated rings. The molecule has 4 atom stereocenters. The molecular weight excluding hydrogens is 474 g/mol. The van der Waals surface area contributed by atoms with E-state index in [-0.39, 0.29) is 17.0 Å². The first kappa shape index (κ1) is 28.0. The Morgan fingerprint density at radius 2 is 1.17 bits per heavy atom. The molecule has 4 N–H and O–H groups in total. The van der Waals surface area contributed by atoms with E-state index in [0.29, 0.717) is 12.6 Å². The normalized spacial score (nSPS) is 18.4. The van der Waals surface area contributed by atoms with Crippen LogP contribution in [-0.2, 0) is 23.9 Å². The molecule has 2 aromatic rings. The lowest BCUT2D eigenvalue weighted by molar-refractivity contribution is -0.166. The molecule has 2 aromatic carbocycles. The number of rotatable bonds is 8. The Labute approximate surface area is 206 Å². The van der Waals surface area contributed by atoms with E-state index in [1.807, 2.05) is 0 Å². The van der Waals surface area contributed by atoms with Crippen molar-refractivity contribution in [1.29, 1.82) is 0 Å². The van der Waals surface area contributed by atoms with Gasteiger partial charge in [0.15, 0.2) is 0 Å². The molecule has 1 saturated heterocycles. The van der Waals surface area contributed by atoms with Gasteiger partial charge >= 0.3 is 29.8 Å². The number of carboxylic acids is 3. The number of ether oxygens (including phenoxy) is 2. The van der Waals surface area contributed by atoms with Crippen LogP contribution in [0.2, 0.25) is 0 Å². The fourth-order valence-corrected chi connectivity index (χ4v) is 3.21. The van der Waals surface area contributed by atoms with E-state index in [4.69, 9.17) is 14.6 Å². The van der Waals surface area contributed by atoms with Gasteiger partial charge in [-0.05, 0) is 44.0 Å². The number of aliphatic carboxylic acids is 3. The molecular formula is C25H27NO10. The number of carboxylic acid groups (broad SMARTS) is 3. The average Bonchev–Trinajstić information content (AvgIpc) is 2.87. The Hall–Kier alpha value is -4.25. The summed E-state index contributed by atoms with van der Waals surface area (Å²) in [5.41, 5.74) is 0.0505. The largest absolute Gasteiger partial charge is 0.481 e. The zero-order valence-corrected chi connectivity index (χ0v) is 19.4. The number of esters is 2. The predicted molar refractivity (Wildman–Crippen MR) is 124 cm³/mol. The lowest BCUT2D eigenvalue weighted by atomic mass is 9.96. The predicted octanol–water partition coefficient (Wildman–Crippen LogP) is 2.07. The minimum absolute atomic E-state index is 0.0253. The fraction of sp³-hybridized carbons (Fsp3) is 0.320. The minimum atomic E-state index is -2.21. The van der Waals surface area contributed by atoms with Crippen molar-refractivity contribution in [2.75, 3.05) is 6.54 Å². The molecule has 11 nitrogen and oxygen atoms in total. The van der Waals surface area contributed by atoms with Crippen molar-refractivity contribution in [2.24, 2.45) is 5.92 Å². The molecule has 0 saturated carbocycles. The van der Waals surface area contributed by atoms with Crippen LogP contribution in [-0.4, -0.2) is 70.0 Å². The van der Waals surface area contributed by atoms with Crippen molar-refractivity contribution in [3.63, 3.8) is 0 Å². The van der Waals surface area contributed by atoms with Crippen LogP contribution in [0.3, 0.4) is 0 Å². The van der Waals surface area contributed by atoms with Crippen molar-refractivity contribution in [1.82, 2.24) is 5.32 Å². The van der Waals surface area contributed by atoms with Gasteiger partial charge in [0.2, 0.25) is 12.2 Å². The Balaban J connectivity index is 0.000000380. The molecule has 0 aliphatic carbocycles. The van der Waals surface area contributed by atoms with Crippen molar-refractivity contribution in [3.05, 3.63) is 71.8 Å². The average molecular weight is 501 g/mol. The topological polar surface area (TPSA) is 177 Å². The summed E-state index contributed by atoms with van der Waals surface area (Å²) in [4.78, 5) is 57.3. The first-order chi connectivity index (χ1) is 17.1. The molecule has 0 radical (unpaired) electrons. The molecule has 36 heavy (non-hydrogen) atoms. The second-order valence-electron chi connectivity index (χ2n) is 7.98. The second-order valence-corrected chi connectivity index (χ2v) is 7.98. The van der Waals surface area contributed by atoms with Gasteiger partial charge in [-0.2, -0.15) is 0 Å². The Kier molecular flexibility index (Phi) is 10.6. The molecule has 1 aliphatic heterocycles. The van der Waals surface area contributed by atoms with Crippen LogP contribution in [0.25, 0.3) is 0 Å². The van der Waals surface area contributed by atoms with Crippen LogP contribution in [0.4, 0.5) is 0 Å². The quantitative estimate of drug-likeness (QED) is 0.389. The van der Waals surface area contributed by atoms with Crippen LogP contribution in [0, 0.1) is 5.92 Å². The highest BCUT2D eigenvalue weighted by Gasteiger charge is 2.41. The minimum Gasteiger partial charge on any atom is -0.481 e. The molecule has 1 heterocycles. The van der Waals surface area contributed by atoms with Crippen LogP contribution in [0.5, 0.6) is 0 Å². The molecule has 0 amide bonds. The summed E-state index contributed by atoms with van der Waals surface area (Å²) in [6.45, 7) is 2.72. The highest BCUT2D eigenvalue weighted by atomic mass is 16.6. The number of nitrogens with one attached hydrogen (secondary N) is 1. The molecule has 0 spiro atoms. The molecule has 3 rings (SSSR count). The van der Waals surface area contributed by atoms with Crippen molar-refractivity contribution >= 4 is 29.8 Å². The third kappa shape index (κ3) is 8.51. The standard InChI is InChI=1S/C18H14O8.C7H13NO2/c19-15(20)13(25-17(23)11-7-3-1-4-8-11)14(16(21)22)26-18(24)12-9-5-2-6-10-12;1-5-2-3-6(4-8-5)7(9)10/h1-10,13-14H,(H,19,20)(H,21,22);5-6,8H,2-4H2,1H3,(H,9,10)/t13-,14-;/m1./s1. The summed E-state index contributed by atoms with van der Waals surface area (Å²) in [5.74, 6) is -6.46. The van der Waals surface area contributed by atoms with Crippen molar-refractivity contribution in [3.8, 4) is 0 Å². The summed E-state index contributed by atoms with van der Waals surface area (Å²) < 4.78 is 9.52. The van der Waals surface area contributed by atoms with Gasteiger partial charge in [-0.15, -0.1) is 0 Å². The Morgan fingerprint density at radius 1 is 0.750 bits per heavy atom.